The van der Waals surface area contributed by atoms with Crippen LogP contribution in [0.1, 0.15) is 56.3 Å². The second kappa shape index (κ2) is 6.08. The van der Waals surface area contributed by atoms with Crippen LogP contribution in [0.2, 0.25) is 0 Å². The molecule has 25 heavy (non-hydrogen) atoms. The van der Waals surface area contributed by atoms with Crippen LogP contribution in [0.4, 0.5) is 0 Å². The third-order valence-corrected chi connectivity index (χ3v) is 6.88. The van der Waals surface area contributed by atoms with E-state index in [4.69, 9.17) is 0 Å². The van der Waals surface area contributed by atoms with Crippen molar-refractivity contribution in [1.82, 2.24) is 5.01 Å². The molecule has 0 radical (unpaired) electrons. The minimum Gasteiger partial charge on any atom is -0.292 e. The lowest BCUT2D eigenvalue weighted by Crippen LogP contribution is -2.49. The van der Waals surface area contributed by atoms with E-state index in [2.05, 4.69) is 12.0 Å². The first-order valence-electron chi connectivity index (χ1n) is 9.46. The average molecular weight is 338 g/mol. The summed E-state index contributed by atoms with van der Waals surface area (Å²) in [4.78, 5) is 25.7. The van der Waals surface area contributed by atoms with E-state index in [0.29, 0.717) is 17.4 Å². The van der Waals surface area contributed by atoms with Crippen molar-refractivity contribution in [2.24, 2.45) is 28.3 Å². The minimum absolute atomic E-state index is 0.0202. The van der Waals surface area contributed by atoms with Gasteiger partial charge < -0.3 is 0 Å². The Morgan fingerprint density at radius 3 is 2.48 bits per heavy atom. The normalized spacial score (nSPS) is 34.3. The molecule has 2 atom stereocenters. The first kappa shape index (κ1) is 16.5. The maximum Gasteiger partial charge on any atom is 0.255 e. The third kappa shape index (κ3) is 2.62. The van der Waals surface area contributed by atoms with Crippen LogP contribution in [0.15, 0.2) is 35.4 Å². The van der Waals surface area contributed by atoms with Crippen LogP contribution in [-0.4, -0.2) is 29.0 Å². The Labute approximate surface area is 149 Å². The zero-order valence-corrected chi connectivity index (χ0v) is 15.1. The average Bonchev–Trinajstić information content (AvgIpc) is 2.88. The van der Waals surface area contributed by atoms with Gasteiger partial charge >= 0.3 is 0 Å². The van der Waals surface area contributed by atoms with Gasteiger partial charge in [0.1, 0.15) is 6.54 Å². The van der Waals surface area contributed by atoms with E-state index in [1.54, 1.807) is 12.1 Å². The van der Waals surface area contributed by atoms with E-state index >= 15 is 0 Å². The predicted octanol–water partition coefficient (Wildman–Crippen LogP) is 3.92. The molecule has 3 saturated carbocycles. The molecule has 1 heterocycles. The number of rotatable bonds is 4. The first-order valence-corrected chi connectivity index (χ1v) is 9.46. The summed E-state index contributed by atoms with van der Waals surface area (Å²) in [6.07, 6.45) is 6.26. The molecule has 3 aliphatic carbocycles. The second-order valence-electron chi connectivity index (χ2n) is 8.16. The van der Waals surface area contributed by atoms with Crippen molar-refractivity contribution in [3.8, 4) is 0 Å². The summed E-state index contributed by atoms with van der Waals surface area (Å²) >= 11 is 0. The van der Waals surface area contributed by atoms with Crippen molar-refractivity contribution in [3.05, 3.63) is 35.9 Å². The number of carbonyl (C=O) groups excluding carboxylic acids is 2. The summed E-state index contributed by atoms with van der Waals surface area (Å²) in [7, 11) is 0. The lowest BCUT2D eigenvalue weighted by molar-refractivity contribution is -0.140. The smallest absolute Gasteiger partial charge is 0.255 e. The predicted molar refractivity (Wildman–Crippen MR) is 97.3 cm³/mol. The fraction of sp³-hybridized carbons (Fsp3) is 0.571. The molecule has 4 heteroatoms. The van der Waals surface area contributed by atoms with Gasteiger partial charge in [0, 0.05) is 5.56 Å². The monoisotopic (exact) mass is 338 g/mol. The highest BCUT2D eigenvalue weighted by Crippen LogP contribution is 2.54. The van der Waals surface area contributed by atoms with Crippen LogP contribution < -0.4 is 0 Å². The molecule has 1 aliphatic heterocycles. The molecular weight excluding hydrogens is 312 g/mol. The van der Waals surface area contributed by atoms with Gasteiger partial charge in [-0.05, 0) is 50.9 Å². The number of hydrogen-bond acceptors (Lipinski definition) is 3. The van der Waals surface area contributed by atoms with Crippen molar-refractivity contribution in [1.29, 1.82) is 0 Å². The van der Waals surface area contributed by atoms with E-state index < -0.39 is 5.41 Å². The number of benzene rings is 1. The summed E-state index contributed by atoms with van der Waals surface area (Å²) < 4.78 is 0. The van der Waals surface area contributed by atoms with E-state index in [-0.39, 0.29) is 18.2 Å². The zero-order chi connectivity index (χ0) is 17.6. The summed E-state index contributed by atoms with van der Waals surface area (Å²) in [5.41, 5.74) is 0.991. The van der Waals surface area contributed by atoms with Gasteiger partial charge in [-0.25, -0.2) is 5.01 Å². The van der Waals surface area contributed by atoms with Crippen molar-refractivity contribution < 1.29 is 9.59 Å². The maximum absolute atomic E-state index is 13.2. The molecule has 2 bridgehead atoms. The number of amides is 1. The van der Waals surface area contributed by atoms with E-state index in [1.165, 1.54) is 30.7 Å². The van der Waals surface area contributed by atoms with Gasteiger partial charge in [0.25, 0.3) is 5.91 Å². The molecule has 1 amide bonds. The highest BCUT2D eigenvalue weighted by molar-refractivity contribution is 6.12. The number of carbonyl (C=O) groups is 2. The molecule has 4 aliphatic rings. The van der Waals surface area contributed by atoms with Crippen LogP contribution in [0.25, 0.3) is 0 Å². The van der Waals surface area contributed by atoms with Gasteiger partial charge in [0.2, 0.25) is 0 Å². The van der Waals surface area contributed by atoms with Gasteiger partial charge in [0.05, 0.1) is 11.1 Å². The number of ketones is 1. The number of Topliss-reactive ketones (excluding diaryl/α,β-unsaturated/α-hetero) is 1. The summed E-state index contributed by atoms with van der Waals surface area (Å²) in [6, 6.07) is 9.15. The van der Waals surface area contributed by atoms with Crippen molar-refractivity contribution in [3.63, 3.8) is 0 Å². The molecule has 132 valence electrons. The fourth-order valence-electron chi connectivity index (χ4n) is 5.22. The second-order valence-corrected chi connectivity index (χ2v) is 8.16. The van der Waals surface area contributed by atoms with Gasteiger partial charge in [-0.1, -0.05) is 43.2 Å². The molecule has 1 unspecified atom stereocenters. The zero-order valence-electron chi connectivity index (χ0n) is 15.1. The maximum atomic E-state index is 13.2. The molecule has 0 saturated heterocycles. The van der Waals surface area contributed by atoms with Crippen LogP contribution in [0.5, 0.6) is 0 Å². The largest absolute Gasteiger partial charge is 0.292 e. The highest BCUT2D eigenvalue weighted by Gasteiger charge is 2.55. The van der Waals surface area contributed by atoms with Crippen molar-refractivity contribution >= 4 is 17.4 Å². The Morgan fingerprint density at radius 2 is 1.88 bits per heavy atom. The highest BCUT2D eigenvalue weighted by atomic mass is 16.2. The number of nitrogens with zero attached hydrogens (tertiary/aromatic N) is 2. The Kier molecular flexibility index (Phi) is 4.01. The third-order valence-electron chi connectivity index (χ3n) is 6.88. The van der Waals surface area contributed by atoms with Gasteiger partial charge in [-0.3, -0.25) is 9.59 Å². The molecule has 0 spiro atoms. The van der Waals surface area contributed by atoms with Crippen LogP contribution in [0.3, 0.4) is 0 Å². The van der Waals surface area contributed by atoms with Crippen molar-refractivity contribution in [2.75, 3.05) is 6.54 Å². The molecular formula is C21H26N2O2. The number of hydrazone groups is 1. The molecule has 1 aromatic carbocycles. The summed E-state index contributed by atoms with van der Waals surface area (Å²) in [5.74, 6) is 1.75. The Balaban J connectivity index is 1.54. The van der Waals surface area contributed by atoms with E-state index in [1.807, 2.05) is 25.1 Å². The van der Waals surface area contributed by atoms with Crippen LogP contribution in [0, 0.1) is 23.2 Å². The Morgan fingerprint density at radius 1 is 1.20 bits per heavy atom. The Hall–Kier alpha value is -1.97. The molecule has 0 N–H and O–H groups in total. The Bertz CT molecular complexity index is 719. The summed E-state index contributed by atoms with van der Waals surface area (Å²) in [5, 5.41) is 5.95. The van der Waals surface area contributed by atoms with E-state index in [9.17, 15) is 9.59 Å². The first-order chi connectivity index (χ1) is 12.0. The molecule has 1 aromatic rings. The molecule has 3 fully saturated rings. The molecule has 0 aromatic heterocycles. The lowest BCUT2D eigenvalue weighted by Gasteiger charge is -2.48. The van der Waals surface area contributed by atoms with Crippen LogP contribution in [-0.2, 0) is 4.79 Å². The SMILES string of the molecule is CC1=NN(CC(=O)c2ccccc2)C(=O)C1(C)[C@@H]1C[C@H]2CC[C@@H]1CC2. The van der Waals surface area contributed by atoms with Crippen molar-refractivity contribution in [2.45, 2.75) is 46.0 Å². The van der Waals surface area contributed by atoms with Crippen LogP contribution >= 0.6 is 0 Å². The standard InChI is InChI=1S/C21H26N2O2/c1-14-21(2,18-12-15-8-10-16(18)11-9-15)20(25)23(22-14)13-19(24)17-6-4-3-5-7-17/h3-7,15-16,18H,8-13H2,1-2H3/t15-,16+,18-,21?/m1/s1. The summed E-state index contributed by atoms with van der Waals surface area (Å²) in [6.45, 7) is 4.07. The van der Waals surface area contributed by atoms with E-state index in [0.717, 1.165) is 18.1 Å². The quantitative estimate of drug-likeness (QED) is 0.781. The molecule has 4 nitrogen and oxygen atoms in total. The van der Waals surface area contributed by atoms with Gasteiger partial charge in [-0.2, -0.15) is 5.10 Å². The lowest BCUT2D eigenvalue weighted by atomic mass is 9.55. The minimum atomic E-state index is -0.527. The van der Waals surface area contributed by atoms with Gasteiger partial charge in [0.15, 0.2) is 5.78 Å². The van der Waals surface area contributed by atoms with Gasteiger partial charge in [-0.15, -0.1) is 0 Å². The topological polar surface area (TPSA) is 49.7 Å². The number of hydrogen-bond donors (Lipinski definition) is 0. The molecule has 5 rings (SSSR count). The number of fused-ring (bicyclic) bond motifs is 3. The fourth-order valence-corrected chi connectivity index (χ4v) is 5.22.